The van der Waals surface area contributed by atoms with Gasteiger partial charge in [0.1, 0.15) is 10.6 Å². The summed E-state index contributed by atoms with van der Waals surface area (Å²) in [5.41, 5.74) is 5.93. The van der Waals surface area contributed by atoms with Crippen LogP contribution in [0.15, 0.2) is 41.6 Å². The molecule has 0 aliphatic heterocycles. The van der Waals surface area contributed by atoms with Crippen LogP contribution in [-0.2, 0) is 16.6 Å². The fourth-order valence-electron chi connectivity index (χ4n) is 1.72. The van der Waals surface area contributed by atoms with Gasteiger partial charge in [0.25, 0.3) is 10.0 Å². The Bertz CT molecular complexity index is 750. The maximum Gasteiger partial charge on any atom is 0.265 e. The summed E-state index contributed by atoms with van der Waals surface area (Å²) in [6.45, 7) is 0.177. The minimum absolute atomic E-state index is 0.107. The number of methoxy groups -OCH3 is 1. The zero-order chi connectivity index (χ0) is 15.5. The molecule has 0 aliphatic carbocycles. The molecule has 1 aromatic heterocycles. The second-order valence-corrected chi connectivity index (χ2v) is 5.80. The number of halogens is 1. The Hall–Kier alpha value is -2.19. The number of benzene rings is 1. The Morgan fingerprint density at radius 2 is 2.14 bits per heavy atom. The number of anilines is 1. The van der Waals surface area contributed by atoms with Crippen molar-refractivity contribution in [3.63, 3.8) is 0 Å². The Morgan fingerprint density at radius 3 is 2.76 bits per heavy atom. The molecule has 0 spiro atoms. The lowest BCUT2D eigenvalue weighted by Gasteiger charge is -2.13. The van der Waals surface area contributed by atoms with Crippen molar-refractivity contribution in [3.05, 3.63) is 48.0 Å². The average molecular weight is 311 g/mol. The van der Waals surface area contributed by atoms with Crippen molar-refractivity contribution >= 4 is 15.7 Å². The molecule has 2 aromatic rings. The molecule has 0 saturated heterocycles. The van der Waals surface area contributed by atoms with E-state index in [0.29, 0.717) is 5.56 Å². The van der Waals surface area contributed by atoms with Crippen LogP contribution in [0.3, 0.4) is 0 Å². The number of hydrogen-bond acceptors (Lipinski definition) is 5. The zero-order valence-electron chi connectivity index (χ0n) is 11.2. The zero-order valence-corrected chi connectivity index (χ0v) is 12.0. The van der Waals surface area contributed by atoms with Crippen molar-refractivity contribution in [1.29, 1.82) is 0 Å². The number of nitrogens with one attached hydrogen (secondary N) is 1. The van der Waals surface area contributed by atoms with Crippen LogP contribution in [0.25, 0.3) is 0 Å². The number of sulfonamides is 1. The van der Waals surface area contributed by atoms with Gasteiger partial charge in [-0.05, 0) is 23.8 Å². The normalized spacial score (nSPS) is 11.2. The molecule has 1 aromatic carbocycles. The van der Waals surface area contributed by atoms with E-state index in [1.165, 1.54) is 31.5 Å². The lowest BCUT2D eigenvalue weighted by molar-refractivity contribution is 0.402. The van der Waals surface area contributed by atoms with E-state index in [0.717, 1.165) is 6.20 Å². The molecule has 0 aliphatic rings. The van der Waals surface area contributed by atoms with E-state index in [4.69, 9.17) is 10.5 Å². The van der Waals surface area contributed by atoms with Gasteiger partial charge < -0.3 is 10.5 Å². The molecule has 2 rings (SSSR count). The van der Waals surface area contributed by atoms with Gasteiger partial charge in [-0.2, -0.15) is 0 Å². The van der Waals surface area contributed by atoms with Crippen molar-refractivity contribution in [2.45, 2.75) is 11.4 Å². The molecule has 0 amide bonds. The Morgan fingerprint density at radius 1 is 1.38 bits per heavy atom. The van der Waals surface area contributed by atoms with Gasteiger partial charge in [-0.1, -0.05) is 6.07 Å². The lowest BCUT2D eigenvalue weighted by atomic mass is 10.2. The smallest absolute Gasteiger partial charge is 0.265 e. The summed E-state index contributed by atoms with van der Waals surface area (Å²) < 4.78 is 45.5. The Balaban J connectivity index is 2.46. The van der Waals surface area contributed by atoms with Gasteiger partial charge in [0.05, 0.1) is 19.0 Å². The van der Waals surface area contributed by atoms with E-state index in [2.05, 4.69) is 9.71 Å². The quantitative estimate of drug-likeness (QED) is 0.872. The SMILES string of the molecule is COc1ccc(CN)cc1S(=O)(=O)Nc1ccncc1F. The van der Waals surface area contributed by atoms with Gasteiger partial charge in [0, 0.05) is 12.7 Å². The molecule has 0 bridgehead atoms. The predicted octanol–water partition coefficient (Wildman–Crippen LogP) is 1.49. The standard InChI is InChI=1S/C13H14FN3O3S/c1-20-12-3-2-9(7-15)6-13(12)21(18,19)17-11-4-5-16-8-10(11)14/h2-6,8H,7,15H2,1H3,(H,16,17). The summed E-state index contributed by atoms with van der Waals surface area (Å²) in [5, 5.41) is 0. The number of hydrogen-bond donors (Lipinski definition) is 2. The Labute approximate surface area is 121 Å². The summed E-state index contributed by atoms with van der Waals surface area (Å²) >= 11 is 0. The fourth-order valence-corrected chi connectivity index (χ4v) is 3.00. The number of ether oxygens (including phenoxy) is 1. The minimum Gasteiger partial charge on any atom is -0.495 e. The van der Waals surface area contributed by atoms with Gasteiger partial charge in [0.2, 0.25) is 0 Å². The molecular weight excluding hydrogens is 297 g/mol. The highest BCUT2D eigenvalue weighted by Crippen LogP contribution is 2.27. The highest BCUT2D eigenvalue weighted by Gasteiger charge is 2.21. The topological polar surface area (TPSA) is 94.3 Å². The average Bonchev–Trinajstić information content (AvgIpc) is 2.48. The van der Waals surface area contributed by atoms with Crippen LogP contribution in [0.5, 0.6) is 5.75 Å². The van der Waals surface area contributed by atoms with Crippen LogP contribution in [-0.4, -0.2) is 20.5 Å². The number of aromatic nitrogens is 1. The molecule has 112 valence electrons. The fraction of sp³-hybridized carbons (Fsp3) is 0.154. The van der Waals surface area contributed by atoms with Gasteiger partial charge in [0.15, 0.2) is 5.82 Å². The molecule has 1 heterocycles. The van der Waals surface area contributed by atoms with E-state index < -0.39 is 15.8 Å². The second-order valence-electron chi connectivity index (χ2n) is 4.15. The van der Waals surface area contributed by atoms with Gasteiger partial charge >= 0.3 is 0 Å². The highest BCUT2D eigenvalue weighted by molar-refractivity contribution is 7.92. The molecule has 0 radical (unpaired) electrons. The third-order valence-electron chi connectivity index (χ3n) is 2.77. The predicted molar refractivity (Wildman–Crippen MR) is 75.9 cm³/mol. The number of nitrogens with two attached hydrogens (primary N) is 1. The molecule has 0 saturated carbocycles. The molecule has 6 nitrogen and oxygen atoms in total. The first-order chi connectivity index (χ1) is 9.97. The highest BCUT2D eigenvalue weighted by atomic mass is 32.2. The number of nitrogens with zero attached hydrogens (tertiary/aromatic N) is 1. The van der Waals surface area contributed by atoms with Crippen LogP contribution in [0.4, 0.5) is 10.1 Å². The first-order valence-electron chi connectivity index (χ1n) is 5.97. The van der Waals surface area contributed by atoms with Crippen LogP contribution >= 0.6 is 0 Å². The summed E-state index contributed by atoms with van der Waals surface area (Å²) in [4.78, 5) is 3.45. The van der Waals surface area contributed by atoms with Crippen molar-refractivity contribution in [2.75, 3.05) is 11.8 Å². The van der Waals surface area contributed by atoms with E-state index >= 15 is 0 Å². The summed E-state index contributed by atoms with van der Waals surface area (Å²) in [5.74, 6) is -0.621. The Kier molecular flexibility index (Phi) is 4.39. The van der Waals surface area contributed by atoms with Crippen molar-refractivity contribution in [2.24, 2.45) is 5.73 Å². The first-order valence-corrected chi connectivity index (χ1v) is 7.45. The molecule has 0 atom stereocenters. The van der Waals surface area contributed by atoms with Crippen molar-refractivity contribution in [3.8, 4) is 5.75 Å². The third-order valence-corrected chi connectivity index (χ3v) is 4.16. The van der Waals surface area contributed by atoms with Crippen LogP contribution in [0.1, 0.15) is 5.56 Å². The second kappa shape index (κ2) is 6.06. The molecular formula is C13H14FN3O3S. The molecule has 8 heteroatoms. The van der Waals surface area contributed by atoms with Gasteiger partial charge in [-0.15, -0.1) is 0 Å². The first kappa shape index (κ1) is 15.2. The van der Waals surface area contributed by atoms with Crippen LogP contribution in [0.2, 0.25) is 0 Å². The summed E-state index contributed by atoms with van der Waals surface area (Å²) in [7, 11) is -2.66. The van der Waals surface area contributed by atoms with E-state index in [1.54, 1.807) is 6.07 Å². The maximum atomic E-state index is 13.5. The largest absolute Gasteiger partial charge is 0.495 e. The lowest BCUT2D eigenvalue weighted by Crippen LogP contribution is -2.15. The van der Waals surface area contributed by atoms with Crippen LogP contribution in [0, 0.1) is 5.82 Å². The van der Waals surface area contributed by atoms with Crippen molar-refractivity contribution in [1.82, 2.24) is 4.98 Å². The van der Waals surface area contributed by atoms with E-state index in [-0.39, 0.29) is 22.9 Å². The van der Waals surface area contributed by atoms with Crippen LogP contribution < -0.4 is 15.2 Å². The number of rotatable bonds is 5. The van der Waals surface area contributed by atoms with E-state index in [9.17, 15) is 12.8 Å². The van der Waals surface area contributed by atoms with E-state index in [1.807, 2.05) is 0 Å². The monoisotopic (exact) mass is 311 g/mol. The molecule has 3 N–H and O–H groups in total. The van der Waals surface area contributed by atoms with Gasteiger partial charge in [-0.3, -0.25) is 9.71 Å². The third kappa shape index (κ3) is 3.29. The molecule has 21 heavy (non-hydrogen) atoms. The molecule has 0 unspecified atom stereocenters. The molecule has 0 fully saturated rings. The van der Waals surface area contributed by atoms with Crippen molar-refractivity contribution < 1.29 is 17.5 Å². The summed E-state index contributed by atoms with van der Waals surface area (Å²) in [6, 6.07) is 5.77. The summed E-state index contributed by atoms with van der Waals surface area (Å²) in [6.07, 6.45) is 2.21. The number of pyridine rings is 1. The van der Waals surface area contributed by atoms with Gasteiger partial charge in [-0.25, -0.2) is 12.8 Å². The minimum atomic E-state index is -4.01. The maximum absolute atomic E-state index is 13.5.